The standard InChI is InChI=1S/C28H34N2O5S/c1-28(2,3)23-14-16-24(17-15-23)35-19-18-29-27(31)22-12-10-21(11-13-22)20-30(36(5,32)33)25-8-6-7-9-26(25)34-4/h6-17H,18-20H2,1-5H3,(H,29,31). The van der Waals surface area contributed by atoms with Crippen LogP contribution in [0.2, 0.25) is 0 Å². The molecular formula is C28H34N2O5S. The molecule has 1 amide bonds. The van der Waals surface area contributed by atoms with Crippen LogP contribution in [0.25, 0.3) is 0 Å². The first-order chi connectivity index (χ1) is 17.0. The van der Waals surface area contributed by atoms with Crippen molar-refractivity contribution in [3.05, 3.63) is 89.5 Å². The number of hydrogen-bond donors (Lipinski definition) is 1. The van der Waals surface area contributed by atoms with Gasteiger partial charge in [0, 0.05) is 5.56 Å². The van der Waals surface area contributed by atoms with Crippen LogP contribution in [-0.2, 0) is 22.0 Å². The molecule has 7 nitrogen and oxygen atoms in total. The Hall–Kier alpha value is -3.52. The van der Waals surface area contributed by atoms with Crippen LogP contribution >= 0.6 is 0 Å². The Labute approximate surface area is 214 Å². The number of anilines is 1. The largest absolute Gasteiger partial charge is 0.495 e. The van der Waals surface area contributed by atoms with Crippen molar-refractivity contribution in [3.8, 4) is 11.5 Å². The van der Waals surface area contributed by atoms with Crippen LogP contribution in [0.3, 0.4) is 0 Å². The lowest BCUT2D eigenvalue weighted by Crippen LogP contribution is -2.30. The predicted octanol–water partition coefficient (Wildman–Crippen LogP) is 4.77. The molecule has 0 radical (unpaired) electrons. The van der Waals surface area contributed by atoms with Crippen molar-refractivity contribution in [2.45, 2.75) is 32.7 Å². The molecule has 0 saturated carbocycles. The first-order valence-electron chi connectivity index (χ1n) is 11.7. The fourth-order valence-corrected chi connectivity index (χ4v) is 4.52. The highest BCUT2D eigenvalue weighted by Crippen LogP contribution is 2.31. The molecule has 0 heterocycles. The van der Waals surface area contributed by atoms with Crippen LogP contribution in [0.5, 0.6) is 11.5 Å². The minimum Gasteiger partial charge on any atom is -0.495 e. The summed E-state index contributed by atoms with van der Waals surface area (Å²) in [5.74, 6) is 0.997. The third kappa shape index (κ3) is 7.24. The van der Waals surface area contributed by atoms with Gasteiger partial charge in [0.25, 0.3) is 5.91 Å². The Bertz CT molecular complexity index is 1260. The minimum atomic E-state index is -3.56. The number of hydrogen-bond acceptors (Lipinski definition) is 5. The van der Waals surface area contributed by atoms with Crippen LogP contribution in [0.1, 0.15) is 42.3 Å². The van der Waals surface area contributed by atoms with Crippen molar-refractivity contribution < 1.29 is 22.7 Å². The van der Waals surface area contributed by atoms with E-state index >= 15 is 0 Å². The van der Waals surface area contributed by atoms with Gasteiger partial charge in [-0.15, -0.1) is 0 Å². The number of ether oxygens (including phenoxy) is 2. The summed E-state index contributed by atoms with van der Waals surface area (Å²) >= 11 is 0. The van der Waals surface area contributed by atoms with Crippen molar-refractivity contribution in [3.63, 3.8) is 0 Å². The monoisotopic (exact) mass is 510 g/mol. The average molecular weight is 511 g/mol. The molecule has 3 rings (SSSR count). The number of methoxy groups -OCH3 is 1. The van der Waals surface area contributed by atoms with Crippen molar-refractivity contribution in [1.82, 2.24) is 5.32 Å². The molecule has 0 saturated heterocycles. The van der Waals surface area contributed by atoms with E-state index in [1.165, 1.54) is 17.0 Å². The summed E-state index contributed by atoms with van der Waals surface area (Å²) in [6, 6.07) is 21.8. The number of rotatable bonds is 10. The van der Waals surface area contributed by atoms with Gasteiger partial charge >= 0.3 is 0 Å². The molecule has 0 bridgehead atoms. The van der Waals surface area contributed by atoms with E-state index in [1.807, 2.05) is 24.3 Å². The van der Waals surface area contributed by atoms with Gasteiger partial charge in [0.2, 0.25) is 10.0 Å². The van der Waals surface area contributed by atoms with Gasteiger partial charge in [-0.1, -0.05) is 57.2 Å². The summed E-state index contributed by atoms with van der Waals surface area (Å²) in [7, 11) is -2.06. The zero-order valence-corrected chi connectivity index (χ0v) is 22.3. The molecule has 0 atom stereocenters. The molecule has 0 aromatic heterocycles. The molecule has 36 heavy (non-hydrogen) atoms. The fraction of sp³-hybridized carbons (Fsp3) is 0.321. The third-order valence-corrected chi connectivity index (χ3v) is 6.80. The first kappa shape index (κ1) is 27.1. The second-order valence-electron chi connectivity index (χ2n) is 9.52. The summed E-state index contributed by atoms with van der Waals surface area (Å²) in [6.45, 7) is 7.30. The zero-order chi connectivity index (χ0) is 26.3. The minimum absolute atomic E-state index is 0.0829. The Morgan fingerprint density at radius 1 is 0.944 bits per heavy atom. The van der Waals surface area contributed by atoms with Gasteiger partial charge in [0.05, 0.1) is 32.1 Å². The second kappa shape index (κ2) is 11.5. The number of amides is 1. The van der Waals surface area contributed by atoms with Crippen molar-refractivity contribution in [2.24, 2.45) is 0 Å². The average Bonchev–Trinajstić information content (AvgIpc) is 2.84. The van der Waals surface area contributed by atoms with E-state index in [-0.39, 0.29) is 17.9 Å². The van der Waals surface area contributed by atoms with Crippen LogP contribution in [-0.4, -0.2) is 40.8 Å². The Balaban J connectivity index is 1.56. The smallest absolute Gasteiger partial charge is 0.251 e. The summed E-state index contributed by atoms with van der Waals surface area (Å²) < 4.78 is 37.3. The molecule has 0 unspecified atom stereocenters. The number of nitrogens with one attached hydrogen (secondary N) is 1. The van der Waals surface area contributed by atoms with Gasteiger partial charge < -0.3 is 14.8 Å². The number of carbonyl (C=O) groups is 1. The van der Waals surface area contributed by atoms with Gasteiger partial charge in [-0.3, -0.25) is 9.10 Å². The third-order valence-electron chi connectivity index (χ3n) is 5.67. The maximum atomic E-state index is 12.5. The van der Waals surface area contributed by atoms with Crippen LogP contribution < -0.4 is 19.1 Å². The molecule has 0 aliphatic carbocycles. The lowest BCUT2D eigenvalue weighted by Gasteiger charge is -2.24. The van der Waals surface area contributed by atoms with Crippen molar-refractivity contribution >= 4 is 21.6 Å². The molecule has 8 heteroatoms. The van der Waals surface area contributed by atoms with E-state index in [1.54, 1.807) is 48.5 Å². The first-order valence-corrected chi connectivity index (χ1v) is 13.5. The second-order valence-corrected chi connectivity index (χ2v) is 11.4. The van der Waals surface area contributed by atoms with Gasteiger partial charge in [0.15, 0.2) is 0 Å². The highest BCUT2D eigenvalue weighted by molar-refractivity contribution is 7.92. The van der Waals surface area contributed by atoms with E-state index in [0.717, 1.165) is 17.6 Å². The van der Waals surface area contributed by atoms with E-state index in [0.29, 0.717) is 30.2 Å². The van der Waals surface area contributed by atoms with Gasteiger partial charge in [-0.25, -0.2) is 8.42 Å². The molecule has 3 aromatic rings. The van der Waals surface area contributed by atoms with Crippen molar-refractivity contribution in [2.75, 3.05) is 30.8 Å². The molecule has 0 fully saturated rings. The Kier molecular flexibility index (Phi) is 8.63. The van der Waals surface area contributed by atoms with E-state index < -0.39 is 10.0 Å². The maximum absolute atomic E-state index is 12.5. The van der Waals surface area contributed by atoms with E-state index in [2.05, 4.69) is 26.1 Å². The summed E-state index contributed by atoms with van der Waals surface area (Å²) in [5, 5.41) is 2.84. The van der Waals surface area contributed by atoms with Crippen molar-refractivity contribution in [1.29, 1.82) is 0 Å². The van der Waals surface area contributed by atoms with Gasteiger partial charge in [0.1, 0.15) is 18.1 Å². The van der Waals surface area contributed by atoms with Gasteiger partial charge in [-0.05, 0) is 52.9 Å². The quantitative estimate of drug-likeness (QED) is 0.397. The Morgan fingerprint density at radius 2 is 1.58 bits per heavy atom. The fourth-order valence-electron chi connectivity index (χ4n) is 3.63. The highest BCUT2D eigenvalue weighted by atomic mass is 32.2. The molecule has 1 N–H and O–H groups in total. The lowest BCUT2D eigenvalue weighted by atomic mass is 9.87. The highest BCUT2D eigenvalue weighted by Gasteiger charge is 2.21. The van der Waals surface area contributed by atoms with Crippen LogP contribution in [0.15, 0.2) is 72.8 Å². The Morgan fingerprint density at radius 3 is 2.17 bits per heavy atom. The molecule has 3 aromatic carbocycles. The molecule has 0 aliphatic rings. The SMILES string of the molecule is COc1ccccc1N(Cc1ccc(C(=O)NCCOc2ccc(C(C)(C)C)cc2)cc1)S(C)(=O)=O. The summed E-state index contributed by atoms with van der Waals surface area (Å²) in [5.41, 5.74) is 2.99. The number of para-hydroxylation sites is 2. The molecule has 0 spiro atoms. The normalized spacial score (nSPS) is 11.6. The zero-order valence-electron chi connectivity index (χ0n) is 21.4. The number of nitrogens with zero attached hydrogens (tertiary/aromatic N) is 1. The lowest BCUT2D eigenvalue weighted by molar-refractivity contribution is 0.0947. The predicted molar refractivity (Wildman–Crippen MR) is 143 cm³/mol. The van der Waals surface area contributed by atoms with E-state index in [9.17, 15) is 13.2 Å². The van der Waals surface area contributed by atoms with Gasteiger partial charge in [-0.2, -0.15) is 0 Å². The number of carbonyl (C=O) groups excluding carboxylic acids is 1. The van der Waals surface area contributed by atoms with Crippen LogP contribution in [0, 0.1) is 0 Å². The number of benzene rings is 3. The molecule has 192 valence electrons. The number of sulfonamides is 1. The summed E-state index contributed by atoms with van der Waals surface area (Å²) in [4.78, 5) is 12.5. The summed E-state index contributed by atoms with van der Waals surface area (Å²) in [6.07, 6.45) is 1.16. The van der Waals surface area contributed by atoms with Crippen LogP contribution in [0.4, 0.5) is 5.69 Å². The maximum Gasteiger partial charge on any atom is 0.251 e. The topological polar surface area (TPSA) is 84.9 Å². The molecular weight excluding hydrogens is 476 g/mol. The molecule has 0 aliphatic heterocycles. The van der Waals surface area contributed by atoms with E-state index in [4.69, 9.17) is 9.47 Å².